The maximum Gasteiger partial charge on any atom is 0.252 e. The predicted octanol–water partition coefficient (Wildman–Crippen LogP) is 4.11. The zero-order valence-electron chi connectivity index (χ0n) is 15.2. The maximum absolute atomic E-state index is 12.8. The number of benzene rings is 2. The Balaban J connectivity index is 1.54. The number of nitrogens with one attached hydrogen (secondary N) is 1. The zero-order chi connectivity index (χ0) is 19.2. The Morgan fingerprint density at radius 2 is 1.68 bits per heavy atom. The van der Waals surface area contributed by atoms with E-state index in [0.29, 0.717) is 18.7 Å². The molecule has 0 spiro atoms. The monoisotopic (exact) mass is 369 g/mol. The fourth-order valence-corrected chi connectivity index (χ4v) is 2.98. The Kier molecular flexibility index (Phi) is 5.24. The molecule has 2 aromatic carbocycles. The van der Waals surface area contributed by atoms with E-state index in [0.717, 1.165) is 27.9 Å². The third-order valence-electron chi connectivity index (χ3n) is 4.34. The van der Waals surface area contributed by atoms with E-state index in [9.17, 15) is 4.79 Å². The van der Waals surface area contributed by atoms with Crippen molar-refractivity contribution in [2.24, 2.45) is 0 Å². The molecule has 0 aliphatic rings. The van der Waals surface area contributed by atoms with Crippen LogP contribution < -0.4 is 10.1 Å². The van der Waals surface area contributed by atoms with Crippen LogP contribution in [0.3, 0.4) is 0 Å². The lowest BCUT2D eigenvalue weighted by Crippen LogP contribution is -2.28. The van der Waals surface area contributed by atoms with Crippen LogP contribution in [0.2, 0.25) is 0 Å². The van der Waals surface area contributed by atoms with Crippen molar-refractivity contribution in [1.29, 1.82) is 0 Å². The fourth-order valence-electron chi connectivity index (χ4n) is 2.98. The predicted molar refractivity (Wildman–Crippen MR) is 109 cm³/mol. The number of hydrogen-bond acceptors (Lipinski definition) is 4. The molecule has 1 amide bonds. The summed E-state index contributed by atoms with van der Waals surface area (Å²) in [6.07, 6.45) is 3.43. The van der Waals surface area contributed by atoms with Gasteiger partial charge in [0.15, 0.2) is 0 Å². The van der Waals surface area contributed by atoms with Crippen molar-refractivity contribution in [3.8, 4) is 17.0 Å². The molecule has 0 saturated carbocycles. The Labute approximate surface area is 163 Å². The van der Waals surface area contributed by atoms with Gasteiger partial charge in [-0.15, -0.1) is 0 Å². The van der Waals surface area contributed by atoms with Gasteiger partial charge in [-0.25, -0.2) is 4.98 Å². The molecule has 5 nitrogen and oxygen atoms in total. The summed E-state index contributed by atoms with van der Waals surface area (Å²) in [5.74, 6) is 0.636. The summed E-state index contributed by atoms with van der Waals surface area (Å²) < 4.78 is 5.64. The second-order valence-electron chi connectivity index (χ2n) is 6.23. The van der Waals surface area contributed by atoms with Crippen LogP contribution in [0, 0.1) is 0 Å². The molecule has 2 aromatic heterocycles. The van der Waals surface area contributed by atoms with E-state index < -0.39 is 0 Å². The van der Waals surface area contributed by atoms with E-state index in [1.165, 1.54) is 0 Å². The molecule has 4 aromatic rings. The smallest absolute Gasteiger partial charge is 0.252 e. The summed E-state index contributed by atoms with van der Waals surface area (Å²) in [5.41, 5.74) is 3.04. The molecule has 0 fully saturated rings. The first-order valence-electron chi connectivity index (χ1n) is 9.07. The third-order valence-corrected chi connectivity index (χ3v) is 4.34. The van der Waals surface area contributed by atoms with Crippen molar-refractivity contribution in [3.05, 3.63) is 90.8 Å². The van der Waals surface area contributed by atoms with Gasteiger partial charge in [-0.1, -0.05) is 36.4 Å². The van der Waals surface area contributed by atoms with Crippen molar-refractivity contribution in [3.63, 3.8) is 0 Å². The van der Waals surface area contributed by atoms with Crippen LogP contribution >= 0.6 is 0 Å². The molecule has 1 N–H and O–H groups in total. The molecule has 0 aliphatic heterocycles. The molecule has 28 heavy (non-hydrogen) atoms. The number of carbonyl (C=O) groups is 1. The summed E-state index contributed by atoms with van der Waals surface area (Å²) in [7, 11) is 0. The number of ether oxygens (including phenoxy) is 1. The molecule has 138 valence electrons. The molecular formula is C23H19N3O2. The molecule has 0 atom stereocenters. The number of para-hydroxylation sites is 2. The lowest BCUT2D eigenvalue weighted by Gasteiger charge is -2.11. The number of rotatable bonds is 6. The SMILES string of the molecule is O=C(NCCOc1ccccc1)c1cc(-c2ccncc2)nc2ccccc12. The Hall–Kier alpha value is -3.73. The van der Waals surface area contributed by atoms with E-state index in [1.54, 1.807) is 12.4 Å². The summed E-state index contributed by atoms with van der Waals surface area (Å²) in [5, 5.41) is 3.76. The van der Waals surface area contributed by atoms with Gasteiger partial charge >= 0.3 is 0 Å². The van der Waals surface area contributed by atoms with E-state index in [-0.39, 0.29) is 5.91 Å². The number of aromatic nitrogens is 2. The molecular weight excluding hydrogens is 350 g/mol. The summed E-state index contributed by atoms with van der Waals surface area (Å²) >= 11 is 0. The Morgan fingerprint density at radius 1 is 0.929 bits per heavy atom. The van der Waals surface area contributed by atoms with E-state index in [4.69, 9.17) is 9.72 Å². The van der Waals surface area contributed by atoms with Gasteiger partial charge in [-0.3, -0.25) is 9.78 Å². The molecule has 4 rings (SSSR count). The maximum atomic E-state index is 12.8. The minimum Gasteiger partial charge on any atom is -0.492 e. The Bertz CT molecular complexity index is 1080. The van der Waals surface area contributed by atoms with Crippen molar-refractivity contribution in [2.75, 3.05) is 13.2 Å². The zero-order valence-corrected chi connectivity index (χ0v) is 15.2. The lowest BCUT2D eigenvalue weighted by atomic mass is 10.0. The molecule has 0 radical (unpaired) electrons. The van der Waals surface area contributed by atoms with Gasteiger partial charge in [0.2, 0.25) is 0 Å². The van der Waals surface area contributed by atoms with Crippen LogP contribution in [-0.2, 0) is 0 Å². The third kappa shape index (κ3) is 3.99. The van der Waals surface area contributed by atoms with Crippen LogP contribution in [0.1, 0.15) is 10.4 Å². The van der Waals surface area contributed by atoms with E-state index >= 15 is 0 Å². The topological polar surface area (TPSA) is 64.1 Å². The molecule has 0 aliphatic carbocycles. The van der Waals surface area contributed by atoms with Crippen molar-refractivity contribution < 1.29 is 9.53 Å². The summed E-state index contributed by atoms with van der Waals surface area (Å²) in [6.45, 7) is 0.810. The second kappa shape index (κ2) is 8.31. The average Bonchev–Trinajstić information content (AvgIpc) is 2.77. The van der Waals surface area contributed by atoms with Crippen molar-refractivity contribution >= 4 is 16.8 Å². The van der Waals surface area contributed by atoms with Gasteiger partial charge in [-0.05, 0) is 36.4 Å². The first kappa shape index (κ1) is 17.7. The molecule has 5 heteroatoms. The number of fused-ring (bicyclic) bond motifs is 1. The minimum atomic E-state index is -0.148. The highest BCUT2D eigenvalue weighted by atomic mass is 16.5. The van der Waals surface area contributed by atoms with Crippen LogP contribution in [0.15, 0.2) is 85.2 Å². The summed E-state index contributed by atoms with van der Waals surface area (Å²) in [4.78, 5) is 21.6. The van der Waals surface area contributed by atoms with Gasteiger partial charge in [0, 0.05) is 23.3 Å². The van der Waals surface area contributed by atoms with Gasteiger partial charge in [0.1, 0.15) is 12.4 Å². The first-order valence-corrected chi connectivity index (χ1v) is 9.07. The number of nitrogens with zero attached hydrogens (tertiary/aromatic N) is 2. The van der Waals surface area contributed by atoms with Crippen LogP contribution in [0.5, 0.6) is 5.75 Å². The molecule has 0 unspecified atom stereocenters. The van der Waals surface area contributed by atoms with Gasteiger partial charge in [0.05, 0.1) is 23.3 Å². The van der Waals surface area contributed by atoms with Crippen LogP contribution in [0.4, 0.5) is 0 Å². The second-order valence-corrected chi connectivity index (χ2v) is 6.23. The van der Waals surface area contributed by atoms with Crippen molar-refractivity contribution in [2.45, 2.75) is 0 Å². The fraction of sp³-hybridized carbons (Fsp3) is 0.0870. The molecule has 0 saturated heterocycles. The quantitative estimate of drug-likeness (QED) is 0.520. The number of carbonyl (C=O) groups excluding carboxylic acids is 1. The van der Waals surface area contributed by atoms with Crippen LogP contribution in [-0.4, -0.2) is 29.0 Å². The number of amides is 1. The van der Waals surface area contributed by atoms with Gasteiger partial charge in [0.25, 0.3) is 5.91 Å². The standard InChI is InChI=1S/C23H19N3O2/c27-23(25-14-15-28-18-6-2-1-3-7-18)20-16-22(17-10-12-24-13-11-17)26-21-9-5-4-8-19(20)21/h1-13,16H,14-15H2,(H,25,27). The highest BCUT2D eigenvalue weighted by Gasteiger charge is 2.13. The Morgan fingerprint density at radius 3 is 2.50 bits per heavy atom. The highest BCUT2D eigenvalue weighted by molar-refractivity contribution is 6.07. The average molecular weight is 369 g/mol. The highest BCUT2D eigenvalue weighted by Crippen LogP contribution is 2.24. The van der Waals surface area contributed by atoms with Gasteiger partial charge < -0.3 is 10.1 Å². The molecule has 2 heterocycles. The van der Waals surface area contributed by atoms with Crippen molar-refractivity contribution in [1.82, 2.24) is 15.3 Å². The minimum absolute atomic E-state index is 0.148. The summed E-state index contributed by atoms with van der Waals surface area (Å²) in [6, 6.07) is 22.8. The lowest BCUT2D eigenvalue weighted by molar-refractivity contribution is 0.0948. The van der Waals surface area contributed by atoms with E-state index in [2.05, 4.69) is 10.3 Å². The normalized spacial score (nSPS) is 10.6. The van der Waals surface area contributed by atoms with Gasteiger partial charge in [-0.2, -0.15) is 0 Å². The van der Waals surface area contributed by atoms with Crippen LogP contribution in [0.25, 0.3) is 22.2 Å². The first-order chi connectivity index (χ1) is 13.8. The van der Waals surface area contributed by atoms with E-state index in [1.807, 2.05) is 72.8 Å². The largest absolute Gasteiger partial charge is 0.492 e. The number of hydrogen-bond donors (Lipinski definition) is 1. The number of pyridine rings is 2. The molecule has 0 bridgehead atoms.